The molecule has 1 aromatic carbocycles. The quantitative estimate of drug-likeness (QED) is 0.794. The number of halogens is 1. The molecule has 94 valence electrons. The summed E-state index contributed by atoms with van der Waals surface area (Å²) in [4.78, 5) is 11.0. The van der Waals surface area contributed by atoms with Crippen LogP contribution in [0, 0.1) is 0 Å². The van der Waals surface area contributed by atoms with Crippen LogP contribution in [0.1, 0.15) is 29.0 Å². The van der Waals surface area contributed by atoms with Crippen LogP contribution in [0.15, 0.2) is 30.5 Å². The van der Waals surface area contributed by atoms with Gasteiger partial charge in [-0.3, -0.25) is 5.10 Å². The van der Waals surface area contributed by atoms with E-state index in [2.05, 4.69) is 15.5 Å². The van der Waals surface area contributed by atoms with Crippen LogP contribution in [-0.4, -0.2) is 21.3 Å². The number of nitrogens with one attached hydrogen (secondary N) is 2. The number of rotatable bonds is 4. The van der Waals surface area contributed by atoms with Gasteiger partial charge in [0.1, 0.15) is 0 Å². The van der Waals surface area contributed by atoms with Gasteiger partial charge in [0.05, 0.1) is 22.3 Å². The van der Waals surface area contributed by atoms with Crippen LogP contribution in [0.4, 0.5) is 5.69 Å². The molecule has 2 aromatic rings. The second-order valence-corrected chi connectivity index (χ2v) is 4.28. The average molecular weight is 266 g/mol. The van der Waals surface area contributed by atoms with Gasteiger partial charge in [-0.05, 0) is 31.2 Å². The molecule has 18 heavy (non-hydrogen) atoms. The van der Waals surface area contributed by atoms with Crippen molar-refractivity contribution in [3.63, 3.8) is 0 Å². The van der Waals surface area contributed by atoms with E-state index in [-0.39, 0.29) is 16.6 Å². The van der Waals surface area contributed by atoms with Crippen molar-refractivity contribution < 1.29 is 9.90 Å². The largest absolute Gasteiger partial charge is 0.478 e. The lowest BCUT2D eigenvalue weighted by molar-refractivity contribution is 0.0697. The summed E-state index contributed by atoms with van der Waals surface area (Å²) < 4.78 is 0. The van der Waals surface area contributed by atoms with Crippen LogP contribution >= 0.6 is 11.6 Å². The van der Waals surface area contributed by atoms with E-state index in [1.54, 1.807) is 18.3 Å². The number of hydrogen-bond acceptors (Lipinski definition) is 3. The molecule has 1 unspecified atom stereocenters. The third-order valence-corrected chi connectivity index (χ3v) is 2.90. The monoisotopic (exact) mass is 265 g/mol. The maximum Gasteiger partial charge on any atom is 0.337 e. The number of aromatic carboxylic acids is 1. The van der Waals surface area contributed by atoms with E-state index in [0.29, 0.717) is 5.69 Å². The lowest BCUT2D eigenvalue weighted by Gasteiger charge is -2.14. The second-order valence-electron chi connectivity index (χ2n) is 3.88. The number of carbonyl (C=O) groups is 1. The minimum atomic E-state index is -1.04. The van der Waals surface area contributed by atoms with Crippen molar-refractivity contribution in [2.75, 3.05) is 5.32 Å². The number of anilines is 1. The molecule has 1 aromatic heterocycles. The van der Waals surface area contributed by atoms with Crippen LogP contribution in [0.2, 0.25) is 5.02 Å². The lowest BCUT2D eigenvalue weighted by Crippen LogP contribution is -2.08. The van der Waals surface area contributed by atoms with E-state index in [9.17, 15) is 4.79 Å². The Hall–Kier alpha value is -2.01. The highest BCUT2D eigenvalue weighted by Gasteiger charge is 2.11. The standard InChI is InChI=1S/C12H12ClN3O2/c1-7(11-4-5-14-16-11)15-8-2-3-10(13)9(6-8)12(17)18/h2-7,15H,1H3,(H,14,16)(H,17,18). The van der Waals surface area contributed by atoms with Gasteiger partial charge in [0.2, 0.25) is 0 Å². The predicted octanol–water partition coefficient (Wildman–Crippen LogP) is 2.93. The lowest BCUT2D eigenvalue weighted by atomic mass is 10.1. The second kappa shape index (κ2) is 5.10. The highest BCUT2D eigenvalue weighted by Crippen LogP contribution is 2.23. The van der Waals surface area contributed by atoms with E-state index in [4.69, 9.17) is 16.7 Å². The van der Waals surface area contributed by atoms with Gasteiger partial charge < -0.3 is 10.4 Å². The third kappa shape index (κ3) is 2.62. The fraction of sp³-hybridized carbons (Fsp3) is 0.167. The van der Waals surface area contributed by atoms with Gasteiger partial charge in [0.25, 0.3) is 0 Å². The SMILES string of the molecule is CC(Nc1ccc(Cl)c(C(=O)O)c1)c1ccn[nH]1. The van der Waals surface area contributed by atoms with E-state index in [1.807, 2.05) is 13.0 Å². The summed E-state index contributed by atoms with van der Waals surface area (Å²) in [6.07, 6.45) is 1.66. The molecule has 0 saturated carbocycles. The molecular formula is C12H12ClN3O2. The van der Waals surface area contributed by atoms with Crippen molar-refractivity contribution in [1.29, 1.82) is 0 Å². The molecule has 3 N–H and O–H groups in total. The number of carboxylic acids is 1. The van der Waals surface area contributed by atoms with Crippen LogP contribution in [0.3, 0.4) is 0 Å². The van der Waals surface area contributed by atoms with Crippen molar-refractivity contribution in [3.8, 4) is 0 Å². The third-order valence-electron chi connectivity index (χ3n) is 2.57. The maximum atomic E-state index is 11.0. The summed E-state index contributed by atoms with van der Waals surface area (Å²) in [5, 5.41) is 19.1. The number of aromatic amines is 1. The van der Waals surface area contributed by atoms with Gasteiger partial charge in [-0.1, -0.05) is 11.6 Å². The molecule has 0 saturated heterocycles. The number of carboxylic acid groups (broad SMARTS) is 1. The van der Waals surface area contributed by atoms with Crippen LogP contribution < -0.4 is 5.32 Å². The summed E-state index contributed by atoms with van der Waals surface area (Å²) in [7, 11) is 0. The summed E-state index contributed by atoms with van der Waals surface area (Å²) in [6.45, 7) is 1.95. The van der Waals surface area contributed by atoms with Crippen molar-refractivity contribution in [2.24, 2.45) is 0 Å². The number of hydrogen-bond donors (Lipinski definition) is 3. The Balaban J connectivity index is 2.20. The van der Waals surface area contributed by atoms with Crippen molar-refractivity contribution in [1.82, 2.24) is 10.2 Å². The molecule has 0 spiro atoms. The number of aromatic nitrogens is 2. The first-order valence-corrected chi connectivity index (χ1v) is 5.74. The van der Waals surface area contributed by atoms with Gasteiger partial charge in [0, 0.05) is 11.9 Å². The molecule has 0 aliphatic rings. The molecule has 0 amide bonds. The highest BCUT2D eigenvalue weighted by atomic mass is 35.5. The molecule has 0 aliphatic carbocycles. The zero-order valence-corrected chi connectivity index (χ0v) is 10.4. The smallest absolute Gasteiger partial charge is 0.337 e. The Bertz CT molecular complexity index is 554. The van der Waals surface area contributed by atoms with E-state index < -0.39 is 5.97 Å². The Morgan fingerprint density at radius 2 is 2.28 bits per heavy atom. The van der Waals surface area contributed by atoms with Crippen molar-refractivity contribution in [2.45, 2.75) is 13.0 Å². The average Bonchev–Trinajstić information content (AvgIpc) is 2.85. The molecule has 6 heteroatoms. The molecular weight excluding hydrogens is 254 g/mol. The van der Waals surface area contributed by atoms with Gasteiger partial charge in [-0.2, -0.15) is 5.10 Å². The van der Waals surface area contributed by atoms with Gasteiger partial charge in [-0.15, -0.1) is 0 Å². The summed E-state index contributed by atoms with van der Waals surface area (Å²) in [6, 6.07) is 6.66. The Kier molecular flexibility index (Phi) is 3.53. The summed E-state index contributed by atoms with van der Waals surface area (Å²) >= 11 is 5.80. The number of benzene rings is 1. The zero-order valence-electron chi connectivity index (χ0n) is 9.64. The van der Waals surface area contributed by atoms with E-state index in [1.165, 1.54) is 6.07 Å². The Morgan fingerprint density at radius 1 is 1.50 bits per heavy atom. The van der Waals surface area contributed by atoms with Gasteiger partial charge >= 0.3 is 5.97 Å². The van der Waals surface area contributed by atoms with Crippen LogP contribution in [-0.2, 0) is 0 Å². The Morgan fingerprint density at radius 3 is 2.89 bits per heavy atom. The minimum Gasteiger partial charge on any atom is -0.478 e. The Labute approximate surface area is 109 Å². The molecule has 0 radical (unpaired) electrons. The minimum absolute atomic E-state index is 0.00433. The highest BCUT2D eigenvalue weighted by molar-refractivity contribution is 6.33. The fourth-order valence-corrected chi connectivity index (χ4v) is 1.81. The first-order valence-electron chi connectivity index (χ1n) is 5.36. The van der Waals surface area contributed by atoms with Crippen LogP contribution in [0.5, 0.6) is 0 Å². The van der Waals surface area contributed by atoms with Crippen molar-refractivity contribution in [3.05, 3.63) is 46.7 Å². The molecule has 5 nitrogen and oxygen atoms in total. The fourth-order valence-electron chi connectivity index (χ4n) is 1.61. The summed E-state index contributed by atoms with van der Waals surface area (Å²) in [5.41, 5.74) is 1.69. The van der Waals surface area contributed by atoms with Crippen molar-refractivity contribution >= 4 is 23.3 Å². The summed E-state index contributed by atoms with van der Waals surface area (Å²) in [5.74, 6) is -1.04. The predicted molar refractivity (Wildman–Crippen MR) is 69.0 cm³/mol. The molecule has 1 atom stereocenters. The zero-order chi connectivity index (χ0) is 13.1. The maximum absolute atomic E-state index is 11.0. The van der Waals surface area contributed by atoms with Gasteiger partial charge in [0.15, 0.2) is 0 Å². The molecule has 0 aliphatic heterocycles. The number of nitrogens with zero attached hydrogens (tertiary/aromatic N) is 1. The molecule has 1 heterocycles. The molecule has 2 rings (SSSR count). The molecule has 0 fully saturated rings. The van der Waals surface area contributed by atoms with E-state index >= 15 is 0 Å². The normalized spacial score (nSPS) is 12.1. The van der Waals surface area contributed by atoms with Gasteiger partial charge in [-0.25, -0.2) is 4.79 Å². The number of H-pyrrole nitrogens is 1. The van der Waals surface area contributed by atoms with Crippen LogP contribution in [0.25, 0.3) is 0 Å². The first-order chi connectivity index (χ1) is 8.58. The van der Waals surface area contributed by atoms with E-state index in [0.717, 1.165) is 5.69 Å². The topological polar surface area (TPSA) is 78.0 Å². The first kappa shape index (κ1) is 12.4. The molecule has 0 bridgehead atoms.